The normalized spacial score (nSPS) is 28.8. The zero-order chi connectivity index (χ0) is 22.4. The summed E-state index contributed by atoms with van der Waals surface area (Å²) < 4.78 is 12.4. The summed E-state index contributed by atoms with van der Waals surface area (Å²) in [6.07, 6.45) is 18.8. The van der Waals surface area contributed by atoms with Crippen LogP contribution in [-0.4, -0.2) is 35.4 Å². The number of benzene rings is 1. The molecule has 33 heavy (non-hydrogen) atoms. The second kappa shape index (κ2) is 8.48. The largest absolute Gasteiger partial charge is 0.493 e. The predicted octanol–water partition coefficient (Wildman–Crippen LogP) is 5.79. The smallest absolute Gasteiger partial charge is 0.247 e. The molecule has 0 aromatic heterocycles. The van der Waals surface area contributed by atoms with Gasteiger partial charge >= 0.3 is 0 Å². The molecule has 0 bridgehead atoms. The lowest BCUT2D eigenvalue weighted by molar-refractivity contribution is -0.140. The highest BCUT2D eigenvalue weighted by molar-refractivity contribution is 6.08. The fraction of sp³-hybridized carbons (Fsp3) is 0.643. The Morgan fingerprint density at radius 1 is 1.00 bits per heavy atom. The number of ether oxygens (including phenoxy) is 2. The summed E-state index contributed by atoms with van der Waals surface area (Å²) in [5.74, 6) is 2.15. The summed E-state index contributed by atoms with van der Waals surface area (Å²) in [4.78, 5) is 13.6. The molecule has 1 aromatic rings. The fourth-order valence-electron chi connectivity index (χ4n) is 6.98. The molecule has 1 spiro atoms. The van der Waals surface area contributed by atoms with E-state index < -0.39 is 0 Å². The third kappa shape index (κ3) is 3.59. The molecular formula is C28H36N2O3. The topological polar surface area (TPSA) is 51.1 Å². The summed E-state index contributed by atoms with van der Waals surface area (Å²) in [6, 6.07) is 4.47. The molecule has 5 heteroatoms. The maximum absolute atomic E-state index is 13.6. The Kier molecular flexibility index (Phi) is 5.46. The van der Waals surface area contributed by atoms with Gasteiger partial charge in [0, 0.05) is 23.5 Å². The zero-order valence-electron chi connectivity index (χ0n) is 19.9. The van der Waals surface area contributed by atoms with Crippen LogP contribution in [0.3, 0.4) is 0 Å². The van der Waals surface area contributed by atoms with Gasteiger partial charge in [-0.05, 0) is 63.5 Å². The number of amides is 1. The van der Waals surface area contributed by atoms with Crippen molar-refractivity contribution in [3.8, 4) is 11.5 Å². The van der Waals surface area contributed by atoms with Crippen LogP contribution in [-0.2, 0) is 11.2 Å². The Bertz CT molecular complexity index is 983. The number of rotatable bonds is 3. The summed E-state index contributed by atoms with van der Waals surface area (Å²) in [5.41, 5.74) is 3.46. The van der Waals surface area contributed by atoms with Gasteiger partial charge in [0.15, 0.2) is 11.5 Å². The van der Waals surface area contributed by atoms with Crippen LogP contribution in [0.2, 0.25) is 0 Å². The molecule has 3 aliphatic carbocycles. The summed E-state index contributed by atoms with van der Waals surface area (Å²) in [7, 11) is 1.73. The molecule has 1 amide bonds. The van der Waals surface area contributed by atoms with Gasteiger partial charge in [-0.15, -0.1) is 0 Å². The second-order valence-electron chi connectivity index (χ2n) is 10.8. The first kappa shape index (κ1) is 21.2. The molecule has 5 nitrogen and oxygen atoms in total. The number of allylic oxidation sites excluding steroid dienone is 2. The Hall–Kier alpha value is -2.30. The molecule has 2 atom stereocenters. The van der Waals surface area contributed by atoms with Crippen molar-refractivity contribution in [2.45, 2.75) is 95.1 Å². The molecule has 2 saturated carbocycles. The summed E-state index contributed by atoms with van der Waals surface area (Å²) in [6.45, 7) is 0. The van der Waals surface area contributed by atoms with E-state index in [9.17, 15) is 4.79 Å². The van der Waals surface area contributed by atoms with Gasteiger partial charge in [0.2, 0.25) is 5.91 Å². The van der Waals surface area contributed by atoms with Crippen LogP contribution < -0.4 is 9.47 Å². The number of methoxy groups -OCH3 is 1. The van der Waals surface area contributed by atoms with E-state index >= 15 is 0 Å². The number of nitrogens with zero attached hydrogens (tertiary/aromatic N) is 2. The Morgan fingerprint density at radius 2 is 1.73 bits per heavy atom. The fourth-order valence-corrected chi connectivity index (χ4v) is 6.98. The van der Waals surface area contributed by atoms with Gasteiger partial charge in [-0.25, -0.2) is 5.01 Å². The number of fused-ring (bicyclic) bond motifs is 2. The first-order chi connectivity index (χ1) is 16.2. The van der Waals surface area contributed by atoms with E-state index in [-0.39, 0.29) is 29.4 Å². The highest BCUT2D eigenvalue weighted by atomic mass is 16.5. The monoisotopic (exact) mass is 448 g/mol. The SMILES string of the molecule is COc1ccc(C2=NN(C3CCCCCC3)C(=O)[C@@H]3CC=CC[C@H]23)c2c1OC1(CCCC1)C2. The van der Waals surface area contributed by atoms with Crippen molar-refractivity contribution in [1.82, 2.24) is 5.01 Å². The van der Waals surface area contributed by atoms with Gasteiger partial charge in [0.05, 0.1) is 24.8 Å². The molecule has 1 aromatic carbocycles. The first-order valence-corrected chi connectivity index (χ1v) is 13.1. The van der Waals surface area contributed by atoms with Gasteiger partial charge in [-0.3, -0.25) is 4.79 Å². The van der Waals surface area contributed by atoms with Crippen LogP contribution in [0.5, 0.6) is 11.5 Å². The van der Waals surface area contributed by atoms with E-state index in [1.165, 1.54) is 49.7 Å². The summed E-state index contributed by atoms with van der Waals surface area (Å²) >= 11 is 0. The molecule has 0 radical (unpaired) electrons. The molecule has 2 fully saturated rings. The van der Waals surface area contributed by atoms with Crippen LogP contribution in [0.15, 0.2) is 29.4 Å². The first-order valence-electron chi connectivity index (χ1n) is 13.1. The van der Waals surface area contributed by atoms with Crippen molar-refractivity contribution in [2.24, 2.45) is 16.9 Å². The van der Waals surface area contributed by atoms with Crippen molar-refractivity contribution in [2.75, 3.05) is 7.11 Å². The van der Waals surface area contributed by atoms with E-state index in [4.69, 9.17) is 14.6 Å². The highest BCUT2D eigenvalue weighted by Crippen LogP contribution is 2.51. The average Bonchev–Trinajstić information content (AvgIpc) is 3.36. The predicted molar refractivity (Wildman–Crippen MR) is 129 cm³/mol. The maximum atomic E-state index is 13.6. The van der Waals surface area contributed by atoms with Crippen molar-refractivity contribution >= 4 is 11.6 Å². The van der Waals surface area contributed by atoms with E-state index in [1.807, 2.05) is 11.1 Å². The highest BCUT2D eigenvalue weighted by Gasteiger charge is 2.47. The van der Waals surface area contributed by atoms with Gasteiger partial charge in [0.25, 0.3) is 0 Å². The van der Waals surface area contributed by atoms with E-state index in [1.54, 1.807) is 7.11 Å². The maximum Gasteiger partial charge on any atom is 0.247 e. The van der Waals surface area contributed by atoms with Crippen molar-refractivity contribution in [1.29, 1.82) is 0 Å². The van der Waals surface area contributed by atoms with Gasteiger partial charge in [0.1, 0.15) is 5.60 Å². The Balaban J connectivity index is 1.44. The summed E-state index contributed by atoms with van der Waals surface area (Å²) in [5, 5.41) is 7.12. The third-order valence-electron chi connectivity index (χ3n) is 8.77. The molecule has 176 valence electrons. The number of carbonyl (C=O) groups excluding carboxylic acids is 1. The molecule has 2 aliphatic heterocycles. The Labute approximate surface area is 197 Å². The number of carbonyl (C=O) groups is 1. The second-order valence-corrected chi connectivity index (χ2v) is 10.8. The third-order valence-corrected chi connectivity index (χ3v) is 8.77. The lowest BCUT2D eigenvalue weighted by Gasteiger charge is -2.40. The van der Waals surface area contributed by atoms with E-state index in [0.29, 0.717) is 0 Å². The minimum absolute atomic E-state index is 0.00580. The van der Waals surface area contributed by atoms with E-state index in [2.05, 4.69) is 18.2 Å². The number of hydrazone groups is 1. The van der Waals surface area contributed by atoms with Crippen LogP contribution in [0.25, 0.3) is 0 Å². The van der Waals surface area contributed by atoms with Gasteiger partial charge < -0.3 is 9.47 Å². The van der Waals surface area contributed by atoms with E-state index in [0.717, 1.165) is 62.2 Å². The van der Waals surface area contributed by atoms with Crippen LogP contribution in [0.4, 0.5) is 0 Å². The zero-order valence-corrected chi connectivity index (χ0v) is 19.9. The minimum Gasteiger partial charge on any atom is -0.493 e. The number of hydrogen-bond acceptors (Lipinski definition) is 4. The average molecular weight is 449 g/mol. The molecule has 0 N–H and O–H groups in total. The standard InChI is InChI=1S/C28H36N2O3/c1-32-24-15-14-21(23-18-28(33-26(23)24)16-8-9-17-28)25-20-12-6-7-13-22(20)27(31)30(29-25)19-10-4-2-3-5-11-19/h6-7,14-15,19-20,22H,2-5,8-13,16-18H2,1H3/t20-,22+/m0/s1. The molecular weight excluding hydrogens is 412 g/mol. The molecule has 5 aliphatic rings. The lowest BCUT2D eigenvalue weighted by Crippen LogP contribution is -2.49. The Morgan fingerprint density at radius 3 is 2.45 bits per heavy atom. The van der Waals surface area contributed by atoms with Gasteiger partial charge in [-0.1, -0.05) is 37.8 Å². The molecule has 0 unspecified atom stereocenters. The minimum atomic E-state index is -0.0798. The van der Waals surface area contributed by atoms with Crippen molar-refractivity contribution in [3.63, 3.8) is 0 Å². The van der Waals surface area contributed by atoms with Crippen LogP contribution >= 0.6 is 0 Å². The lowest BCUT2D eigenvalue weighted by atomic mass is 9.75. The molecule has 2 heterocycles. The quantitative estimate of drug-likeness (QED) is 0.434. The molecule has 0 saturated heterocycles. The van der Waals surface area contributed by atoms with Crippen molar-refractivity contribution < 1.29 is 14.3 Å². The van der Waals surface area contributed by atoms with Crippen LogP contribution in [0, 0.1) is 11.8 Å². The number of hydrogen-bond donors (Lipinski definition) is 0. The molecule has 6 rings (SSSR count). The van der Waals surface area contributed by atoms with Gasteiger partial charge in [-0.2, -0.15) is 5.10 Å². The van der Waals surface area contributed by atoms with Crippen LogP contribution in [0.1, 0.15) is 88.2 Å². The van der Waals surface area contributed by atoms with Crippen molar-refractivity contribution in [3.05, 3.63) is 35.4 Å².